The van der Waals surface area contributed by atoms with Gasteiger partial charge in [0, 0.05) is 12.1 Å². The molecule has 0 aromatic heterocycles. The van der Waals surface area contributed by atoms with Crippen molar-refractivity contribution in [1.29, 1.82) is 0 Å². The molecule has 2 saturated carbocycles. The minimum atomic E-state index is -0.00559. The van der Waals surface area contributed by atoms with Crippen LogP contribution in [0.4, 0.5) is 0 Å². The molecule has 0 bridgehead atoms. The fraction of sp³-hybridized carbons (Fsp3) is 1.00. The van der Waals surface area contributed by atoms with E-state index in [1.807, 2.05) is 0 Å². The number of aliphatic hydroxyl groups is 1. The Morgan fingerprint density at radius 1 is 1.00 bits per heavy atom. The third kappa shape index (κ3) is 3.50. The minimum Gasteiger partial charge on any atom is -0.393 e. The normalized spacial score (nSPS) is 43.7. The van der Waals surface area contributed by atoms with Crippen LogP contribution < -0.4 is 10.6 Å². The third-order valence-electron chi connectivity index (χ3n) is 5.56. The maximum absolute atomic E-state index is 9.37. The van der Waals surface area contributed by atoms with Gasteiger partial charge in [0.2, 0.25) is 0 Å². The summed E-state index contributed by atoms with van der Waals surface area (Å²) in [6.07, 6.45) is 11.8. The second-order valence-electron chi connectivity index (χ2n) is 7.01. The van der Waals surface area contributed by atoms with E-state index in [-0.39, 0.29) is 6.10 Å². The van der Waals surface area contributed by atoms with E-state index in [2.05, 4.69) is 10.6 Å². The quantitative estimate of drug-likeness (QED) is 0.730. The average molecular weight is 266 g/mol. The molecule has 3 nitrogen and oxygen atoms in total. The van der Waals surface area contributed by atoms with Gasteiger partial charge in [0.25, 0.3) is 0 Å². The Hall–Kier alpha value is -0.120. The molecule has 0 amide bonds. The second kappa shape index (κ2) is 6.55. The van der Waals surface area contributed by atoms with Crippen molar-refractivity contribution < 1.29 is 5.11 Å². The summed E-state index contributed by atoms with van der Waals surface area (Å²) in [5.74, 6) is 1.58. The number of rotatable bonds is 4. The lowest BCUT2D eigenvalue weighted by Crippen LogP contribution is -2.52. The number of hydrogen-bond acceptors (Lipinski definition) is 3. The molecule has 3 atom stereocenters. The number of hydrogen-bond donors (Lipinski definition) is 3. The Kier molecular flexibility index (Phi) is 4.78. The fourth-order valence-corrected chi connectivity index (χ4v) is 4.32. The number of nitrogens with one attached hydrogen (secondary N) is 2. The third-order valence-corrected chi connectivity index (χ3v) is 5.56. The summed E-state index contributed by atoms with van der Waals surface area (Å²) >= 11 is 0. The van der Waals surface area contributed by atoms with Gasteiger partial charge in [-0.15, -0.1) is 0 Å². The van der Waals surface area contributed by atoms with Gasteiger partial charge in [-0.25, -0.2) is 0 Å². The summed E-state index contributed by atoms with van der Waals surface area (Å²) in [5, 5.41) is 17.0. The molecule has 1 saturated heterocycles. The van der Waals surface area contributed by atoms with Crippen LogP contribution in [0.2, 0.25) is 0 Å². The number of aliphatic hydroxyl groups excluding tert-OH is 1. The molecule has 3 fully saturated rings. The first-order valence-electron chi connectivity index (χ1n) is 8.48. The zero-order valence-corrected chi connectivity index (χ0v) is 12.1. The lowest BCUT2D eigenvalue weighted by Gasteiger charge is -2.41. The molecular formula is C16H30N2O. The highest BCUT2D eigenvalue weighted by Gasteiger charge is 2.34. The molecule has 2 aliphatic carbocycles. The van der Waals surface area contributed by atoms with Crippen LogP contribution >= 0.6 is 0 Å². The maximum Gasteiger partial charge on any atom is 0.0546 e. The molecule has 0 radical (unpaired) electrons. The molecule has 3 heteroatoms. The van der Waals surface area contributed by atoms with E-state index in [0.717, 1.165) is 43.3 Å². The first-order chi connectivity index (χ1) is 9.33. The van der Waals surface area contributed by atoms with Crippen molar-refractivity contribution in [3.8, 4) is 0 Å². The van der Waals surface area contributed by atoms with Gasteiger partial charge >= 0.3 is 0 Å². The van der Waals surface area contributed by atoms with Crippen molar-refractivity contribution in [1.82, 2.24) is 10.6 Å². The largest absolute Gasteiger partial charge is 0.393 e. The second-order valence-corrected chi connectivity index (χ2v) is 7.01. The summed E-state index contributed by atoms with van der Waals surface area (Å²) in [7, 11) is 0. The molecule has 3 N–H and O–H groups in total. The molecule has 19 heavy (non-hydrogen) atoms. The van der Waals surface area contributed by atoms with Gasteiger partial charge in [-0.1, -0.05) is 19.3 Å². The predicted octanol–water partition coefficient (Wildman–Crippen LogP) is 2.05. The van der Waals surface area contributed by atoms with Gasteiger partial charge in [-0.3, -0.25) is 0 Å². The molecule has 3 unspecified atom stereocenters. The summed E-state index contributed by atoms with van der Waals surface area (Å²) in [6.45, 7) is 2.35. The summed E-state index contributed by atoms with van der Waals surface area (Å²) in [4.78, 5) is 0. The Bertz CT molecular complexity index is 272. The van der Waals surface area contributed by atoms with Crippen LogP contribution in [-0.4, -0.2) is 36.4 Å². The van der Waals surface area contributed by atoms with Crippen LogP contribution in [0.15, 0.2) is 0 Å². The number of piperidine rings is 1. The van der Waals surface area contributed by atoms with Crippen molar-refractivity contribution in [2.45, 2.75) is 76.0 Å². The minimum absolute atomic E-state index is 0.00559. The summed E-state index contributed by atoms with van der Waals surface area (Å²) in [5.41, 5.74) is 0. The highest BCUT2D eigenvalue weighted by atomic mass is 16.3. The zero-order chi connectivity index (χ0) is 13.1. The van der Waals surface area contributed by atoms with Crippen molar-refractivity contribution in [2.75, 3.05) is 13.1 Å². The lowest BCUT2D eigenvalue weighted by atomic mass is 9.76. The Morgan fingerprint density at radius 2 is 1.79 bits per heavy atom. The van der Waals surface area contributed by atoms with Crippen LogP contribution in [0.25, 0.3) is 0 Å². The summed E-state index contributed by atoms with van der Waals surface area (Å²) < 4.78 is 0. The molecule has 3 aliphatic rings. The molecule has 3 rings (SSSR count). The monoisotopic (exact) mass is 266 g/mol. The van der Waals surface area contributed by atoms with Crippen molar-refractivity contribution in [3.63, 3.8) is 0 Å². The van der Waals surface area contributed by atoms with Gasteiger partial charge < -0.3 is 15.7 Å². The molecule has 1 aliphatic heterocycles. The molecule has 110 valence electrons. The van der Waals surface area contributed by atoms with Crippen LogP contribution in [0.5, 0.6) is 0 Å². The van der Waals surface area contributed by atoms with Crippen molar-refractivity contribution >= 4 is 0 Å². The van der Waals surface area contributed by atoms with Gasteiger partial charge in [0.1, 0.15) is 0 Å². The van der Waals surface area contributed by atoms with Crippen LogP contribution in [0, 0.1) is 11.8 Å². The Labute approximate surface area is 117 Å². The lowest BCUT2D eigenvalue weighted by molar-refractivity contribution is 0.0389. The van der Waals surface area contributed by atoms with E-state index in [1.165, 1.54) is 51.5 Å². The van der Waals surface area contributed by atoms with Gasteiger partial charge in [0.05, 0.1) is 6.10 Å². The molecule has 0 aromatic rings. The molecule has 1 heterocycles. The maximum atomic E-state index is 9.37. The average Bonchev–Trinajstić information content (AvgIpc) is 2.44. The highest BCUT2D eigenvalue weighted by Crippen LogP contribution is 2.32. The Morgan fingerprint density at radius 3 is 2.53 bits per heavy atom. The van der Waals surface area contributed by atoms with Gasteiger partial charge in [-0.2, -0.15) is 0 Å². The zero-order valence-electron chi connectivity index (χ0n) is 12.1. The van der Waals surface area contributed by atoms with E-state index in [1.54, 1.807) is 0 Å². The van der Waals surface area contributed by atoms with Gasteiger partial charge in [0.15, 0.2) is 0 Å². The first kappa shape index (κ1) is 13.8. The van der Waals surface area contributed by atoms with E-state index < -0.39 is 0 Å². The van der Waals surface area contributed by atoms with E-state index in [4.69, 9.17) is 0 Å². The molecule has 0 spiro atoms. The SMILES string of the molecule is OC1CC(CNC2CCCCC2C2CCCCN2)C1. The highest BCUT2D eigenvalue weighted by molar-refractivity contribution is 4.91. The van der Waals surface area contributed by atoms with Gasteiger partial charge in [-0.05, 0) is 63.5 Å². The Balaban J connectivity index is 1.48. The predicted molar refractivity (Wildman–Crippen MR) is 78.1 cm³/mol. The topological polar surface area (TPSA) is 44.3 Å². The van der Waals surface area contributed by atoms with Crippen LogP contribution in [0.3, 0.4) is 0 Å². The van der Waals surface area contributed by atoms with E-state index in [9.17, 15) is 5.11 Å². The van der Waals surface area contributed by atoms with E-state index >= 15 is 0 Å². The first-order valence-corrected chi connectivity index (χ1v) is 8.48. The van der Waals surface area contributed by atoms with Crippen molar-refractivity contribution in [3.05, 3.63) is 0 Å². The van der Waals surface area contributed by atoms with E-state index in [0.29, 0.717) is 0 Å². The van der Waals surface area contributed by atoms with Crippen molar-refractivity contribution in [2.24, 2.45) is 11.8 Å². The van der Waals surface area contributed by atoms with Crippen LogP contribution in [0.1, 0.15) is 57.8 Å². The molecule has 0 aromatic carbocycles. The fourth-order valence-electron chi connectivity index (χ4n) is 4.32. The summed E-state index contributed by atoms with van der Waals surface area (Å²) in [6, 6.07) is 1.49. The van der Waals surface area contributed by atoms with Crippen LogP contribution in [-0.2, 0) is 0 Å². The smallest absolute Gasteiger partial charge is 0.0546 e. The molecular weight excluding hydrogens is 236 g/mol. The standard InChI is InChI=1S/C16H30N2O/c19-13-9-12(10-13)11-18-16-6-2-1-5-14(16)15-7-3-4-8-17-15/h12-19H,1-11H2.